The zero-order valence-electron chi connectivity index (χ0n) is 12.0. The van der Waals surface area contributed by atoms with E-state index < -0.39 is 5.54 Å². The number of nitriles is 1. The van der Waals surface area contributed by atoms with Gasteiger partial charge in [-0.15, -0.1) is 11.8 Å². The molecule has 0 spiro atoms. The highest BCUT2D eigenvalue weighted by Gasteiger charge is 2.31. The predicted molar refractivity (Wildman–Crippen MR) is 81.8 cm³/mol. The molecule has 0 saturated heterocycles. The van der Waals surface area contributed by atoms with E-state index in [4.69, 9.17) is 0 Å². The molecule has 1 aliphatic rings. The van der Waals surface area contributed by atoms with E-state index in [1.54, 1.807) is 24.4 Å². The van der Waals surface area contributed by atoms with Crippen molar-refractivity contribution in [3.8, 4) is 6.07 Å². The number of hydrogen-bond donors (Lipinski definition) is 2. The topological polar surface area (TPSA) is 90.3 Å². The monoisotopic (exact) mass is 302 g/mol. The summed E-state index contributed by atoms with van der Waals surface area (Å²) in [5.74, 6) is 0.925. The van der Waals surface area contributed by atoms with Crippen LogP contribution in [0.15, 0.2) is 17.7 Å². The van der Waals surface area contributed by atoms with Crippen LogP contribution in [0.3, 0.4) is 0 Å². The highest BCUT2D eigenvalue weighted by atomic mass is 32.2. The molecular formula is C14H18N6S. The van der Waals surface area contributed by atoms with Crippen LogP contribution in [0, 0.1) is 11.3 Å². The molecule has 0 amide bonds. The number of fused-ring (bicyclic) bond motifs is 1. The number of aromatic amines is 1. The summed E-state index contributed by atoms with van der Waals surface area (Å²) >= 11 is 1.68. The van der Waals surface area contributed by atoms with Gasteiger partial charge in [-0.1, -0.05) is 0 Å². The molecule has 0 bridgehead atoms. The molecule has 2 N–H and O–H groups in total. The molecule has 0 aromatic carbocycles. The third-order valence-corrected chi connectivity index (χ3v) is 4.67. The van der Waals surface area contributed by atoms with E-state index in [9.17, 15) is 5.26 Å². The average molecular weight is 302 g/mol. The first kappa shape index (κ1) is 14.3. The Labute approximate surface area is 127 Å². The van der Waals surface area contributed by atoms with E-state index in [0.717, 1.165) is 29.1 Å². The SMILES string of the molecule is CC(C#N)(CCCSc1ncnc2nc[nH]c12)NC1CC1. The van der Waals surface area contributed by atoms with Gasteiger partial charge in [-0.25, -0.2) is 15.0 Å². The highest BCUT2D eigenvalue weighted by molar-refractivity contribution is 7.99. The normalized spacial score (nSPS) is 17.5. The number of nitrogens with zero attached hydrogens (tertiary/aromatic N) is 4. The fourth-order valence-corrected chi connectivity index (χ4v) is 3.18. The molecule has 2 aromatic rings. The minimum Gasteiger partial charge on any atom is -0.341 e. The summed E-state index contributed by atoms with van der Waals surface area (Å²) in [4.78, 5) is 15.6. The van der Waals surface area contributed by atoms with Gasteiger partial charge in [0.2, 0.25) is 0 Å². The maximum atomic E-state index is 9.34. The van der Waals surface area contributed by atoms with Gasteiger partial charge >= 0.3 is 0 Å². The van der Waals surface area contributed by atoms with E-state index in [-0.39, 0.29) is 0 Å². The Balaban J connectivity index is 1.51. The molecule has 1 fully saturated rings. The number of rotatable bonds is 7. The van der Waals surface area contributed by atoms with Crippen molar-refractivity contribution in [3.05, 3.63) is 12.7 Å². The van der Waals surface area contributed by atoms with Gasteiger partial charge in [-0.3, -0.25) is 5.32 Å². The number of nitrogens with one attached hydrogen (secondary N) is 2. The summed E-state index contributed by atoms with van der Waals surface area (Å²) < 4.78 is 0. The molecule has 3 rings (SSSR count). The Bertz CT molecular complexity index is 659. The molecule has 6 nitrogen and oxygen atoms in total. The van der Waals surface area contributed by atoms with Crippen LogP contribution >= 0.6 is 11.8 Å². The number of imidazole rings is 1. The molecule has 1 unspecified atom stereocenters. The van der Waals surface area contributed by atoms with Crippen LogP contribution < -0.4 is 5.32 Å². The van der Waals surface area contributed by atoms with E-state index in [2.05, 4.69) is 31.3 Å². The van der Waals surface area contributed by atoms with Gasteiger partial charge in [-0.05, 0) is 38.4 Å². The predicted octanol–water partition coefficient (Wildman–Crippen LogP) is 2.26. The van der Waals surface area contributed by atoms with Crippen LogP contribution in [-0.2, 0) is 0 Å². The summed E-state index contributed by atoms with van der Waals surface area (Å²) in [6, 6.07) is 2.96. The minimum atomic E-state index is -0.406. The van der Waals surface area contributed by atoms with Crippen molar-refractivity contribution in [3.63, 3.8) is 0 Å². The van der Waals surface area contributed by atoms with Crippen LogP contribution in [0.2, 0.25) is 0 Å². The van der Waals surface area contributed by atoms with Crippen molar-refractivity contribution < 1.29 is 0 Å². The molecule has 0 radical (unpaired) electrons. The summed E-state index contributed by atoms with van der Waals surface area (Å²) in [5.41, 5.74) is 1.18. The molecule has 110 valence electrons. The quantitative estimate of drug-likeness (QED) is 0.463. The Kier molecular flexibility index (Phi) is 4.08. The number of hydrogen-bond acceptors (Lipinski definition) is 6. The highest BCUT2D eigenvalue weighted by Crippen LogP contribution is 2.27. The zero-order valence-corrected chi connectivity index (χ0v) is 12.8. The lowest BCUT2D eigenvalue weighted by molar-refractivity contribution is 0.412. The van der Waals surface area contributed by atoms with Crippen LogP contribution in [0.25, 0.3) is 11.2 Å². The second kappa shape index (κ2) is 6.00. The van der Waals surface area contributed by atoms with Gasteiger partial charge in [0.1, 0.15) is 22.4 Å². The first-order valence-corrected chi connectivity index (χ1v) is 8.14. The maximum absolute atomic E-state index is 9.34. The van der Waals surface area contributed by atoms with Gasteiger partial charge in [0.25, 0.3) is 0 Å². The Morgan fingerprint density at radius 1 is 1.48 bits per heavy atom. The fourth-order valence-electron chi connectivity index (χ4n) is 2.29. The Morgan fingerprint density at radius 2 is 2.33 bits per heavy atom. The first-order chi connectivity index (χ1) is 10.2. The average Bonchev–Trinajstić information content (AvgIpc) is 3.16. The standard InChI is InChI=1S/C14H18N6S/c1-14(7-15,20-10-3-4-10)5-2-6-21-13-11-12(17-8-16-11)18-9-19-13/h8-10,20H,2-6H2,1H3,(H,16,17,18,19). The molecule has 1 atom stereocenters. The number of H-pyrrole nitrogens is 1. The molecule has 2 heterocycles. The smallest absolute Gasteiger partial charge is 0.181 e. The minimum absolute atomic E-state index is 0.406. The third-order valence-electron chi connectivity index (χ3n) is 3.59. The molecule has 1 saturated carbocycles. The van der Waals surface area contributed by atoms with Gasteiger partial charge in [0.05, 0.1) is 12.4 Å². The molecular weight excluding hydrogens is 284 g/mol. The van der Waals surface area contributed by atoms with E-state index in [1.807, 2.05) is 6.92 Å². The van der Waals surface area contributed by atoms with Gasteiger partial charge in [0.15, 0.2) is 5.65 Å². The van der Waals surface area contributed by atoms with E-state index in [1.165, 1.54) is 12.8 Å². The molecule has 2 aromatic heterocycles. The second-order valence-electron chi connectivity index (χ2n) is 5.59. The molecule has 1 aliphatic carbocycles. The van der Waals surface area contributed by atoms with Crippen LogP contribution in [0.1, 0.15) is 32.6 Å². The van der Waals surface area contributed by atoms with Crippen molar-refractivity contribution >= 4 is 22.9 Å². The lowest BCUT2D eigenvalue weighted by Gasteiger charge is -2.22. The van der Waals surface area contributed by atoms with Crippen molar-refractivity contribution in [2.24, 2.45) is 0 Å². The van der Waals surface area contributed by atoms with E-state index in [0.29, 0.717) is 11.7 Å². The van der Waals surface area contributed by atoms with Crippen molar-refractivity contribution in [2.75, 3.05) is 5.75 Å². The Morgan fingerprint density at radius 3 is 3.10 bits per heavy atom. The number of thioether (sulfide) groups is 1. The van der Waals surface area contributed by atoms with Gasteiger partial charge in [-0.2, -0.15) is 5.26 Å². The summed E-state index contributed by atoms with van der Waals surface area (Å²) in [6.07, 6.45) is 7.39. The summed E-state index contributed by atoms with van der Waals surface area (Å²) in [5, 5.41) is 13.7. The third kappa shape index (κ3) is 3.52. The van der Waals surface area contributed by atoms with Crippen molar-refractivity contribution in [1.29, 1.82) is 5.26 Å². The number of aromatic nitrogens is 4. The fraction of sp³-hybridized carbons (Fsp3) is 0.571. The summed E-state index contributed by atoms with van der Waals surface area (Å²) in [6.45, 7) is 1.99. The molecule has 0 aliphatic heterocycles. The van der Waals surface area contributed by atoms with Gasteiger partial charge in [0, 0.05) is 6.04 Å². The van der Waals surface area contributed by atoms with Crippen LogP contribution in [0.5, 0.6) is 0 Å². The summed E-state index contributed by atoms with van der Waals surface area (Å²) in [7, 11) is 0. The zero-order chi connectivity index (χ0) is 14.7. The maximum Gasteiger partial charge on any atom is 0.181 e. The Hall–Kier alpha value is -1.65. The first-order valence-electron chi connectivity index (χ1n) is 7.16. The van der Waals surface area contributed by atoms with Crippen molar-refractivity contribution in [2.45, 2.75) is 49.2 Å². The lowest BCUT2D eigenvalue weighted by Crippen LogP contribution is -2.42. The lowest BCUT2D eigenvalue weighted by atomic mass is 9.98. The van der Waals surface area contributed by atoms with Gasteiger partial charge < -0.3 is 4.98 Å². The second-order valence-corrected chi connectivity index (χ2v) is 6.68. The van der Waals surface area contributed by atoms with E-state index >= 15 is 0 Å². The van der Waals surface area contributed by atoms with Crippen LogP contribution in [0.4, 0.5) is 0 Å². The molecule has 21 heavy (non-hydrogen) atoms. The van der Waals surface area contributed by atoms with Crippen molar-refractivity contribution in [1.82, 2.24) is 25.3 Å². The molecule has 7 heteroatoms. The largest absolute Gasteiger partial charge is 0.341 e. The van der Waals surface area contributed by atoms with Crippen LogP contribution in [-0.4, -0.2) is 37.3 Å².